The first-order valence-electron chi connectivity index (χ1n) is 5.11. The molecule has 0 spiro atoms. The Balaban J connectivity index is 2.44. The highest BCUT2D eigenvalue weighted by molar-refractivity contribution is 5.50. The second-order valence-corrected chi connectivity index (χ2v) is 3.48. The molecule has 1 atom stereocenters. The molecule has 0 radical (unpaired) electrons. The van der Waals surface area contributed by atoms with E-state index in [2.05, 4.69) is 9.97 Å². The van der Waals surface area contributed by atoms with E-state index in [1.807, 2.05) is 0 Å². The van der Waals surface area contributed by atoms with E-state index in [1.54, 1.807) is 24.3 Å². The van der Waals surface area contributed by atoms with E-state index in [0.717, 1.165) is 0 Å². The molecule has 1 aromatic heterocycles. The van der Waals surface area contributed by atoms with Crippen LogP contribution in [0.1, 0.15) is 17.4 Å². The van der Waals surface area contributed by atoms with Gasteiger partial charge >= 0.3 is 0 Å². The van der Waals surface area contributed by atoms with Crippen LogP contribution in [0.2, 0.25) is 0 Å². The molecule has 1 unspecified atom stereocenters. The van der Waals surface area contributed by atoms with Gasteiger partial charge in [0.25, 0.3) is 0 Å². The molecule has 0 fully saturated rings. The summed E-state index contributed by atoms with van der Waals surface area (Å²) in [6, 6.07) is 7.08. The summed E-state index contributed by atoms with van der Waals surface area (Å²) in [6.07, 6.45) is 2.06. The van der Waals surface area contributed by atoms with Crippen molar-refractivity contribution in [2.45, 2.75) is 6.10 Å². The average Bonchev–Trinajstić information content (AvgIpc) is 2.38. The van der Waals surface area contributed by atoms with Crippen molar-refractivity contribution in [2.75, 3.05) is 12.8 Å². The molecular weight excluding hydrogens is 218 g/mol. The Morgan fingerprint density at radius 2 is 1.94 bits per heavy atom. The van der Waals surface area contributed by atoms with Gasteiger partial charge in [0.15, 0.2) is 0 Å². The molecule has 5 nitrogen and oxygen atoms in total. The number of aliphatic hydroxyl groups excluding tert-OH is 1. The van der Waals surface area contributed by atoms with Crippen LogP contribution in [-0.4, -0.2) is 22.2 Å². The summed E-state index contributed by atoms with van der Waals surface area (Å²) in [4.78, 5) is 8.06. The maximum absolute atomic E-state index is 10.2. The van der Waals surface area contributed by atoms with Gasteiger partial charge in [-0.1, -0.05) is 18.2 Å². The fourth-order valence-electron chi connectivity index (χ4n) is 1.59. The lowest BCUT2D eigenvalue weighted by atomic mass is 10.0. The minimum atomic E-state index is -0.945. The van der Waals surface area contributed by atoms with Crippen LogP contribution in [0.25, 0.3) is 0 Å². The van der Waals surface area contributed by atoms with E-state index >= 15 is 0 Å². The highest BCUT2D eigenvalue weighted by Crippen LogP contribution is 2.29. The first kappa shape index (κ1) is 11.3. The molecule has 0 amide bonds. The van der Waals surface area contributed by atoms with E-state index in [1.165, 1.54) is 19.5 Å². The van der Waals surface area contributed by atoms with Crippen molar-refractivity contribution in [3.63, 3.8) is 0 Å². The molecule has 0 bridgehead atoms. The molecule has 0 saturated heterocycles. The number of rotatable bonds is 3. The first-order valence-corrected chi connectivity index (χ1v) is 5.11. The lowest BCUT2D eigenvalue weighted by Gasteiger charge is -2.14. The van der Waals surface area contributed by atoms with Gasteiger partial charge in [-0.3, -0.25) is 4.98 Å². The number of para-hydroxylation sites is 1. The maximum atomic E-state index is 10.2. The Bertz CT molecular complexity index is 517. The number of nitrogens with two attached hydrogens (primary N) is 1. The summed E-state index contributed by atoms with van der Waals surface area (Å²) < 4.78 is 5.05. The number of aromatic nitrogens is 2. The van der Waals surface area contributed by atoms with Crippen LogP contribution in [0.5, 0.6) is 5.88 Å². The van der Waals surface area contributed by atoms with Gasteiger partial charge in [-0.2, -0.15) is 0 Å². The fourth-order valence-corrected chi connectivity index (χ4v) is 1.59. The minimum absolute atomic E-state index is 0.295. The smallest absolute Gasteiger partial charge is 0.238 e. The minimum Gasteiger partial charge on any atom is -0.480 e. The lowest BCUT2D eigenvalue weighted by molar-refractivity contribution is 0.208. The summed E-state index contributed by atoms with van der Waals surface area (Å²) in [7, 11) is 1.48. The van der Waals surface area contributed by atoms with Crippen molar-refractivity contribution in [3.05, 3.63) is 47.9 Å². The molecule has 0 saturated carbocycles. The Morgan fingerprint density at radius 3 is 2.65 bits per heavy atom. The molecule has 3 N–H and O–H groups in total. The van der Waals surface area contributed by atoms with Gasteiger partial charge < -0.3 is 15.6 Å². The van der Waals surface area contributed by atoms with Crippen LogP contribution in [0.3, 0.4) is 0 Å². The predicted octanol–water partition coefficient (Wildman–Crippen LogP) is 1.15. The number of anilines is 1. The van der Waals surface area contributed by atoms with E-state index in [-0.39, 0.29) is 0 Å². The van der Waals surface area contributed by atoms with Gasteiger partial charge in [-0.05, 0) is 6.07 Å². The number of aliphatic hydroxyl groups is 1. The standard InChI is InChI=1S/C12H13N3O2/c1-17-12-10(14-6-7-15-12)11(16)8-4-2-3-5-9(8)13/h2-7,11,16H,13H2,1H3. The van der Waals surface area contributed by atoms with Crippen LogP contribution < -0.4 is 10.5 Å². The third kappa shape index (κ3) is 2.19. The normalized spacial score (nSPS) is 12.1. The van der Waals surface area contributed by atoms with Crippen LogP contribution in [0.4, 0.5) is 5.69 Å². The average molecular weight is 231 g/mol. The van der Waals surface area contributed by atoms with Crippen LogP contribution >= 0.6 is 0 Å². The largest absolute Gasteiger partial charge is 0.480 e. The Morgan fingerprint density at radius 1 is 1.24 bits per heavy atom. The molecule has 2 rings (SSSR count). The molecule has 1 heterocycles. The van der Waals surface area contributed by atoms with E-state index in [9.17, 15) is 5.11 Å². The summed E-state index contributed by atoms with van der Waals surface area (Å²) >= 11 is 0. The van der Waals surface area contributed by atoms with E-state index in [0.29, 0.717) is 22.8 Å². The van der Waals surface area contributed by atoms with Gasteiger partial charge in [0.2, 0.25) is 5.88 Å². The Labute approximate surface area is 98.9 Å². The SMILES string of the molecule is COc1nccnc1C(O)c1ccccc1N. The monoisotopic (exact) mass is 231 g/mol. The zero-order valence-electron chi connectivity index (χ0n) is 9.37. The third-order valence-corrected chi connectivity index (χ3v) is 2.43. The van der Waals surface area contributed by atoms with E-state index in [4.69, 9.17) is 10.5 Å². The number of ether oxygens (including phenoxy) is 1. The number of nitrogen functional groups attached to an aromatic ring is 1. The second kappa shape index (κ2) is 4.80. The molecule has 17 heavy (non-hydrogen) atoms. The van der Waals surface area contributed by atoms with E-state index < -0.39 is 6.10 Å². The van der Waals surface area contributed by atoms with Gasteiger partial charge in [0.05, 0.1) is 7.11 Å². The molecule has 0 aliphatic heterocycles. The molecule has 5 heteroatoms. The lowest BCUT2D eigenvalue weighted by Crippen LogP contribution is -2.08. The fraction of sp³-hybridized carbons (Fsp3) is 0.167. The van der Waals surface area contributed by atoms with Crippen molar-refractivity contribution in [3.8, 4) is 5.88 Å². The van der Waals surface area contributed by atoms with Crippen molar-refractivity contribution < 1.29 is 9.84 Å². The highest BCUT2D eigenvalue weighted by Gasteiger charge is 2.19. The Kier molecular flexibility index (Phi) is 3.20. The van der Waals surface area contributed by atoms with Crippen molar-refractivity contribution in [2.24, 2.45) is 0 Å². The number of nitrogens with zero attached hydrogens (tertiary/aromatic N) is 2. The summed E-state index contributed by atoms with van der Waals surface area (Å²) in [5.41, 5.74) is 7.25. The summed E-state index contributed by atoms with van der Waals surface area (Å²) in [5.74, 6) is 0.295. The molecule has 0 aliphatic rings. The van der Waals surface area contributed by atoms with Gasteiger partial charge in [-0.25, -0.2) is 4.98 Å². The quantitative estimate of drug-likeness (QED) is 0.774. The first-order chi connectivity index (χ1) is 8.24. The number of hydrogen-bond acceptors (Lipinski definition) is 5. The number of methoxy groups -OCH3 is 1. The van der Waals surface area contributed by atoms with Crippen molar-refractivity contribution in [1.82, 2.24) is 9.97 Å². The molecule has 2 aromatic rings. The van der Waals surface area contributed by atoms with Crippen molar-refractivity contribution in [1.29, 1.82) is 0 Å². The van der Waals surface area contributed by atoms with Crippen LogP contribution in [0.15, 0.2) is 36.7 Å². The number of hydrogen-bond donors (Lipinski definition) is 2. The zero-order valence-corrected chi connectivity index (χ0v) is 9.37. The predicted molar refractivity (Wildman–Crippen MR) is 63.5 cm³/mol. The third-order valence-electron chi connectivity index (χ3n) is 2.43. The highest BCUT2D eigenvalue weighted by atomic mass is 16.5. The van der Waals surface area contributed by atoms with Crippen LogP contribution in [0, 0.1) is 0 Å². The summed E-state index contributed by atoms with van der Waals surface area (Å²) in [5, 5.41) is 10.2. The van der Waals surface area contributed by atoms with Gasteiger partial charge in [0, 0.05) is 23.6 Å². The zero-order chi connectivity index (χ0) is 12.3. The summed E-state index contributed by atoms with van der Waals surface area (Å²) in [6.45, 7) is 0. The maximum Gasteiger partial charge on any atom is 0.238 e. The topological polar surface area (TPSA) is 81.3 Å². The molecule has 1 aromatic carbocycles. The molecule has 0 aliphatic carbocycles. The Hall–Kier alpha value is -2.14. The molecule has 88 valence electrons. The van der Waals surface area contributed by atoms with Gasteiger partial charge in [-0.15, -0.1) is 0 Å². The van der Waals surface area contributed by atoms with Crippen LogP contribution in [-0.2, 0) is 0 Å². The second-order valence-electron chi connectivity index (χ2n) is 3.48. The number of benzene rings is 1. The molecular formula is C12H13N3O2. The van der Waals surface area contributed by atoms with Crippen molar-refractivity contribution >= 4 is 5.69 Å². The van der Waals surface area contributed by atoms with Gasteiger partial charge in [0.1, 0.15) is 11.8 Å².